The van der Waals surface area contributed by atoms with Crippen LogP contribution in [0.4, 0.5) is 0 Å². The molecule has 0 amide bonds. The molecule has 0 aliphatic rings. The van der Waals surface area contributed by atoms with Gasteiger partial charge in [0.25, 0.3) is 0 Å². The van der Waals surface area contributed by atoms with Crippen molar-refractivity contribution in [2.45, 2.75) is 6.42 Å². The molecule has 3 rings (SSSR count). The lowest BCUT2D eigenvalue weighted by Gasteiger charge is -2.01. The summed E-state index contributed by atoms with van der Waals surface area (Å²) in [6.07, 6.45) is 3.94. The van der Waals surface area contributed by atoms with Gasteiger partial charge >= 0.3 is 0 Å². The van der Waals surface area contributed by atoms with E-state index in [4.69, 9.17) is 11.6 Å². The summed E-state index contributed by atoms with van der Waals surface area (Å²) in [7, 11) is 0. The summed E-state index contributed by atoms with van der Waals surface area (Å²) in [5.74, 6) is 0.818. The molecule has 84 valence electrons. The Morgan fingerprint density at radius 2 is 1.88 bits per heavy atom. The van der Waals surface area contributed by atoms with E-state index in [1.807, 2.05) is 22.6 Å². The Balaban J connectivity index is 2.07. The molecule has 0 spiro atoms. The molecule has 3 aromatic rings. The molecule has 0 aliphatic heterocycles. The highest BCUT2D eigenvalue weighted by molar-refractivity contribution is 6.29. The summed E-state index contributed by atoms with van der Waals surface area (Å²) in [5.41, 5.74) is 1.85. The largest absolute Gasteiger partial charge is 0.266 e. The molecule has 5 heteroatoms. The van der Waals surface area contributed by atoms with E-state index in [0.717, 1.165) is 5.82 Å². The van der Waals surface area contributed by atoms with E-state index in [0.29, 0.717) is 17.2 Å². The predicted molar refractivity (Wildman–Crippen MR) is 65.0 cm³/mol. The van der Waals surface area contributed by atoms with Crippen molar-refractivity contribution in [1.29, 1.82) is 0 Å². The third-order valence-electron chi connectivity index (χ3n) is 2.54. The summed E-state index contributed by atoms with van der Waals surface area (Å²) in [5, 5.41) is 8.71. The first-order chi connectivity index (χ1) is 8.34. The number of hydrogen-bond acceptors (Lipinski definition) is 3. The van der Waals surface area contributed by atoms with Crippen LogP contribution in [0.2, 0.25) is 5.15 Å². The minimum atomic E-state index is 0.526. The van der Waals surface area contributed by atoms with Gasteiger partial charge in [-0.1, -0.05) is 41.9 Å². The Hall–Kier alpha value is -1.94. The van der Waals surface area contributed by atoms with Gasteiger partial charge in [-0.05, 0) is 5.56 Å². The molecular formula is C12H9ClN4. The fraction of sp³-hybridized carbons (Fsp3) is 0.0833. The number of halogens is 1. The van der Waals surface area contributed by atoms with Gasteiger partial charge in [0.1, 0.15) is 11.0 Å². The van der Waals surface area contributed by atoms with Crippen LogP contribution in [-0.4, -0.2) is 19.6 Å². The molecule has 2 heterocycles. The normalized spacial score (nSPS) is 10.9. The molecule has 0 saturated heterocycles. The maximum absolute atomic E-state index is 6.09. The molecule has 17 heavy (non-hydrogen) atoms. The zero-order valence-electron chi connectivity index (χ0n) is 8.92. The van der Waals surface area contributed by atoms with Gasteiger partial charge in [0, 0.05) is 6.42 Å². The van der Waals surface area contributed by atoms with Crippen LogP contribution in [0, 0.1) is 0 Å². The summed E-state index contributed by atoms with van der Waals surface area (Å²) in [6, 6.07) is 10.1. The van der Waals surface area contributed by atoms with Crippen molar-refractivity contribution in [2.75, 3.05) is 0 Å². The lowest BCUT2D eigenvalue weighted by atomic mass is 10.1. The van der Waals surface area contributed by atoms with Crippen LogP contribution in [0.15, 0.2) is 42.7 Å². The molecular weight excluding hydrogens is 236 g/mol. The van der Waals surface area contributed by atoms with Gasteiger partial charge in [-0.15, -0.1) is 10.2 Å². The van der Waals surface area contributed by atoms with Crippen LogP contribution >= 0.6 is 11.6 Å². The molecule has 1 aromatic carbocycles. The van der Waals surface area contributed by atoms with Crippen LogP contribution in [0.25, 0.3) is 5.65 Å². The van der Waals surface area contributed by atoms with E-state index < -0.39 is 0 Å². The lowest BCUT2D eigenvalue weighted by molar-refractivity contribution is 0.932. The van der Waals surface area contributed by atoms with Gasteiger partial charge in [0.05, 0.1) is 12.4 Å². The molecule has 0 bridgehead atoms. The van der Waals surface area contributed by atoms with Crippen LogP contribution in [0.1, 0.15) is 11.4 Å². The number of fused-ring (bicyclic) bond motifs is 1. The van der Waals surface area contributed by atoms with Crippen molar-refractivity contribution < 1.29 is 0 Å². The number of benzene rings is 1. The lowest BCUT2D eigenvalue weighted by Crippen LogP contribution is -1.97. The molecule has 0 radical (unpaired) electrons. The zero-order chi connectivity index (χ0) is 11.7. The van der Waals surface area contributed by atoms with Crippen LogP contribution in [-0.2, 0) is 6.42 Å². The third kappa shape index (κ3) is 1.87. The van der Waals surface area contributed by atoms with Crippen LogP contribution in [0.3, 0.4) is 0 Å². The van der Waals surface area contributed by atoms with Gasteiger partial charge in [-0.25, -0.2) is 0 Å². The fourth-order valence-electron chi connectivity index (χ4n) is 1.76. The van der Waals surface area contributed by atoms with E-state index in [-0.39, 0.29) is 0 Å². The van der Waals surface area contributed by atoms with E-state index >= 15 is 0 Å². The zero-order valence-corrected chi connectivity index (χ0v) is 9.67. The highest BCUT2D eigenvalue weighted by Gasteiger charge is 2.08. The second-order valence-corrected chi connectivity index (χ2v) is 4.09. The Labute approximate surface area is 103 Å². The number of aromatic nitrogens is 4. The van der Waals surface area contributed by atoms with Gasteiger partial charge in [-0.3, -0.25) is 9.38 Å². The second kappa shape index (κ2) is 4.14. The monoisotopic (exact) mass is 244 g/mol. The van der Waals surface area contributed by atoms with Crippen molar-refractivity contribution in [1.82, 2.24) is 19.6 Å². The van der Waals surface area contributed by atoms with Gasteiger partial charge < -0.3 is 0 Å². The fourth-order valence-corrected chi connectivity index (χ4v) is 2.00. The Bertz CT molecular complexity index is 648. The van der Waals surface area contributed by atoms with E-state index in [1.54, 1.807) is 12.4 Å². The number of rotatable bonds is 2. The van der Waals surface area contributed by atoms with Gasteiger partial charge in [0.2, 0.25) is 0 Å². The maximum atomic E-state index is 6.09. The standard InChI is InChI=1S/C12H9ClN4/c13-10-7-14-8-12-16-15-11(17(10)12)6-9-4-2-1-3-5-9/h1-5,7-8H,6H2. The van der Waals surface area contributed by atoms with Crippen LogP contribution in [0.5, 0.6) is 0 Å². The molecule has 0 saturated carbocycles. The van der Waals surface area contributed by atoms with E-state index in [9.17, 15) is 0 Å². The summed E-state index contributed by atoms with van der Waals surface area (Å²) < 4.78 is 1.81. The van der Waals surface area contributed by atoms with Gasteiger partial charge in [0.15, 0.2) is 5.65 Å². The van der Waals surface area contributed by atoms with Crippen molar-refractivity contribution in [3.05, 3.63) is 59.3 Å². The summed E-state index contributed by atoms with van der Waals surface area (Å²) in [6.45, 7) is 0. The van der Waals surface area contributed by atoms with E-state index in [1.165, 1.54) is 5.56 Å². The molecule has 0 atom stereocenters. The molecule has 0 fully saturated rings. The van der Waals surface area contributed by atoms with Crippen molar-refractivity contribution >= 4 is 17.2 Å². The number of hydrogen-bond donors (Lipinski definition) is 0. The summed E-state index contributed by atoms with van der Waals surface area (Å²) in [4.78, 5) is 3.98. The molecule has 4 nitrogen and oxygen atoms in total. The third-order valence-corrected chi connectivity index (χ3v) is 2.81. The quantitative estimate of drug-likeness (QED) is 0.695. The molecule has 0 unspecified atom stereocenters. The topological polar surface area (TPSA) is 43.1 Å². The van der Waals surface area contributed by atoms with E-state index in [2.05, 4.69) is 27.3 Å². The first-order valence-corrected chi connectivity index (χ1v) is 5.60. The highest BCUT2D eigenvalue weighted by Crippen LogP contribution is 2.14. The number of nitrogens with zero attached hydrogens (tertiary/aromatic N) is 4. The average molecular weight is 245 g/mol. The average Bonchev–Trinajstić information content (AvgIpc) is 2.75. The maximum Gasteiger partial charge on any atom is 0.180 e. The molecule has 0 aliphatic carbocycles. The van der Waals surface area contributed by atoms with Crippen molar-refractivity contribution in [3.63, 3.8) is 0 Å². The second-order valence-electron chi connectivity index (χ2n) is 3.70. The SMILES string of the molecule is Clc1cncc2nnc(Cc3ccccc3)n12. The minimum Gasteiger partial charge on any atom is -0.266 e. The summed E-state index contributed by atoms with van der Waals surface area (Å²) >= 11 is 6.09. The first kappa shape index (κ1) is 10.2. The highest BCUT2D eigenvalue weighted by atomic mass is 35.5. The van der Waals surface area contributed by atoms with Crippen molar-refractivity contribution in [2.24, 2.45) is 0 Å². The molecule has 2 aromatic heterocycles. The van der Waals surface area contributed by atoms with Crippen molar-refractivity contribution in [3.8, 4) is 0 Å². The predicted octanol–water partition coefficient (Wildman–Crippen LogP) is 2.37. The Morgan fingerprint density at radius 1 is 1.06 bits per heavy atom. The Kier molecular flexibility index (Phi) is 2.49. The first-order valence-electron chi connectivity index (χ1n) is 5.22. The minimum absolute atomic E-state index is 0.526. The smallest absolute Gasteiger partial charge is 0.180 e. The Morgan fingerprint density at radius 3 is 2.71 bits per heavy atom. The van der Waals surface area contributed by atoms with Crippen LogP contribution < -0.4 is 0 Å². The van der Waals surface area contributed by atoms with Gasteiger partial charge in [-0.2, -0.15) is 0 Å². The molecule has 0 N–H and O–H groups in total.